The fourth-order valence-corrected chi connectivity index (χ4v) is 2.61. The van der Waals surface area contributed by atoms with E-state index in [1.807, 2.05) is 18.7 Å². The summed E-state index contributed by atoms with van der Waals surface area (Å²) in [6, 6.07) is 1.28. The highest BCUT2D eigenvalue weighted by Gasteiger charge is 2.14. The van der Waals surface area contributed by atoms with E-state index in [1.54, 1.807) is 0 Å². The third kappa shape index (κ3) is 3.63. The van der Waals surface area contributed by atoms with Gasteiger partial charge in [0.1, 0.15) is 0 Å². The Bertz CT molecular complexity index is 273. The Morgan fingerprint density at radius 1 is 1.31 bits per heavy atom. The van der Waals surface area contributed by atoms with E-state index in [2.05, 4.69) is 21.8 Å². The van der Waals surface area contributed by atoms with Gasteiger partial charge in [-0.25, -0.2) is 4.98 Å². The third-order valence-corrected chi connectivity index (χ3v) is 3.42. The first-order valence-corrected chi connectivity index (χ1v) is 6.56. The van der Waals surface area contributed by atoms with E-state index in [-0.39, 0.29) is 0 Å². The van der Waals surface area contributed by atoms with Crippen molar-refractivity contribution in [2.75, 3.05) is 0 Å². The summed E-state index contributed by atoms with van der Waals surface area (Å²) in [6.45, 7) is 3.29. The number of nitrogens with one attached hydrogen (secondary N) is 1. The maximum absolute atomic E-state index is 4.07. The fourth-order valence-electron chi connectivity index (χ4n) is 2.61. The Morgan fingerprint density at radius 3 is 2.69 bits per heavy atom. The number of rotatable bonds is 4. The summed E-state index contributed by atoms with van der Waals surface area (Å²) in [5.41, 5.74) is 0. The highest BCUT2D eigenvalue weighted by Crippen LogP contribution is 2.17. The van der Waals surface area contributed by atoms with Gasteiger partial charge in [0.15, 0.2) is 0 Å². The lowest BCUT2D eigenvalue weighted by Crippen LogP contribution is -2.38. The van der Waals surface area contributed by atoms with Crippen LogP contribution in [0, 0.1) is 0 Å². The minimum Gasteiger partial charge on any atom is -0.336 e. The average Bonchev–Trinajstić information content (AvgIpc) is 2.62. The summed E-state index contributed by atoms with van der Waals surface area (Å²) in [7, 11) is 0. The van der Waals surface area contributed by atoms with Crippen molar-refractivity contribution in [2.45, 2.75) is 64.1 Å². The van der Waals surface area contributed by atoms with E-state index < -0.39 is 0 Å². The molecule has 1 aromatic rings. The van der Waals surface area contributed by atoms with Gasteiger partial charge < -0.3 is 9.88 Å². The Labute approximate surface area is 98.3 Å². The van der Waals surface area contributed by atoms with Crippen LogP contribution < -0.4 is 5.32 Å². The number of nitrogens with zero attached hydrogens (tertiary/aromatic N) is 2. The van der Waals surface area contributed by atoms with Crippen LogP contribution in [0.4, 0.5) is 0 Å². The molecule has 90 valence electrons. The maximum atomic E-state index is 4.07. The topological polar surface area (TPSA) is 29.9 Å². The molecular formula is C13H23N3. The van der Waals surface area contributed by atoms with Crippen molar-refractivity contribution in [1.82, 2.24) is 14.9 Å². The molecule has 1 atom stereocenters. The van der Waals surface area contributed by atoms with Gasteiger partial charge >= 0.3 is 0 Å². The predicted octanol–water partition coefficient (Wildman–Crippen LogP) is 2.58. The molecule has 3 nitrogen and oxygen atoms in total. The zero-order valence-electron chi connectivity index (χ0n) is 10.2. The summed E-state index contributed by atoms with van der Waals surface area (Å²) in [6.07, 6.45) is 14.1. The lowest BCUT2D eigenvalue weighted by Gasteiger charge is -2.22. The number of hydrogen-bond acceptors (Lipinski definition) is 2. The molecule has 2 rings (SSSR count). The molecule has 0 aromatic carbocycles. The lowest BCUT2D eigenvalue weighted by molar-refractivity contribution is 0.379. The standard InChI is InChI=1S/C13H23N3/c1-12(10-16-9-8-14-11-16)15-13-6-4-2-3-5-7-13/h8-9,11-13,15H,2-7,10H2,1H3. The predicted molar refractivity (Wildman–Crippen MR) is 66.3 cm³/mol. The molecule has 1 N–H and O–H groups in total. The average molecular weight is 221 g/mol. The lowest BCUT2D eigenvalue weighted by atomic mass is 10.1. The van der Waals surface area contributed by atoms with Gasteiger partial charge in [0, 0.05) is 31.0 Å². The van der Waals surface area contributed by atoms with Crippen LogP contribution >= 0.6 is 0 Å². The molecule has 0 aliphatic heterocycles. The molecule has 0 saturated heterocycles. The van der Waals surface area contributed by atoms with E-state index in [9.17, 15) is 0 Å². The highest BCUT2D eigenvalue weighted by molar-refractivity contribution is 4.79. The maximum Gasteiger partial charge on any atom is 0.0946 e. The zero-order chi connectivity index (χ0) is 11.2. The SMILES string of the molecule is CC(Cn1ccnc1)NC1CCCCCC1. The van der Waals surface area contributed by atoms with Crippen molar-refractivity contribution in [3.05, 3.63) is 18.7 Å². The second-order valence-corrected chi connectivity index (χ2v) is 5.02. The van der Waals surface area contributed by atoms with E-state index >= 15 is 0 Å². The third-order valence-electron chi connectivity index (χ3n) is 3.42. The van der Waals surface area contributed by atoms with Crippen molar-refractivity contribution in [3.63, 3.8) is 0 Å². The monoisotopic (exact) mass is 221 g/mol. The molecule has 0 radical (unpaired) electrons. The summed E-state index contributed by atoms with van der Waals surface area (Å²) in [5.74, 6) is 0. The Hall–Kier alpha value is -0.830. The van der Waals surface area contributed by atoms with Gasteiger partial charge in [-0.2, -0.15) is 0 Å². The first-order chi connectivity index (χ1) is 7.84. The van der Waals surface area contributed by atoms with Gasteiger partial charge in [0.2, 0.25) is 0 Å². The van der Waals surface area contributed by atoms with E-state index in [0.29, 0.717) is 6.04 Å². The van der Waals surface area contributed by atoms with Gasteiger partial charge in [-0.15, -0.1) is 0 Å². The second kappa shape index (κ2) is 6.04. The normalized spacial score (nSPS) is 20.6. The molecule has 16 heavy (non-hydrogen) atoms. The van der Waals surface area contributed by atoms with Crippen molar-refractivity contribution in [1.29, 1.82) is 0 Å². The first kappa shape index (κ1) is 11.6. The highest BCUT2D eigenvalue weighted by atomic mass is 15.1. The van der Waals surface area contributed by atoms with Gasteiger partial charge in [-0.05, 0) is 19.8 Å². The van der Waals surface area contributed by atoms with E-state index in [1.165, 1.54) is 38.5 Å². The minimum atomic E-state index is 0.539. The van der Waals surface area contributed by atoms with Crippen molar-refractivity contribution >= 4 is 0 Å². The number of aromatic nitrogens is 2. The largest absolute Gasteiger partial charge is 0.336 e. The van der Waals surface area contributed by atoms with E-state index in [0.717, 1.165) is 12.6 Å². The summed E-state index contributed by atoms with van der Waals surface area (Å²) in [4.78, 5) is 4.07. The molecule has 0 spiro atoms. The summed E-state index contributed by atoms with van der Waals surface area (Å²) >= 11 is 0. The quantitative estimate of drug-likeness (QED) is 0.792. The molecule has 1 aromatic heterocycles. The van der Waals surface area contributed by atoms with Gasteiger partial charge in [0.05, 0.1) is 6.33 Å². The molecule has 3 heteroatoms. The van der Waals surface area contributed by atoms with E-state index in [4.69, 9.17) is 0 Å². The molecule has 1 saturated carbocycles. The summed E-state index contributed by atoms with van der Waals surface area (Å²) < 4.78 is 2.15. The van der Waals surface area contributed by atoms with Crippen LogP contribution in [0.25, 0.3) is 0 Å². The van der Waals surface area contributed by atoms with Gasteiger partial charge in [-0.1, -0.05) is 25.7 Å². The van der Waals surface area contributed by atoms with Crippen LogP contribution in [0.3, 0.4) is 0 Å². The summed E-state index contributed by atoms with van der Waals surface area (Å²) in [5, 5.41) is 3.75. The van der Waals surface area contributed by atoms with Crippen LogP contribution in [0.15, 0.2) is 18.7 Å². The zero-order valence-corrected chi connectivity index (χ0v) is 10.2. The molecule has 1 unspecified atom stereocenters. The fraction of sp³-hybridized carbons (Fsp3) is 0.769. The smallest absolute Gasteiger partial charge is 0.0946 e. The molecule has 1 aliphatic carbocycles. The van der Waals surface area contributed by atoms with Gasteiger partial charge in [-0.3, -0.25) is 0 Å². The molecule has 1 fully saturated rings. The number of imidazole rings is 1. The van der Waals surface area contributed by atoms with Gasteiger partial charge in [0.25, 0.3) is 0 Å². The first-order valence-electron chi connectivity index (χ1n) is 6.56. The van der Waals surface area contributed by atoms with Crippen LogP contribution in [-0.2, 0) is 6.54 Å². The minimum absolute atomic E-state index is 0.539. The van der Waals surface area contributed by atoms with Crippen LogP contribution in [0.5, 0.6) is 0 Å². The Morgan fingerprint density at radius 2 is 2.06 bits per heavy atom. The molecule has 0 amide bonds. The molecule has 1 aliphatic rings. The molecule has 1 heterocycles. The molecular weight excluding hydrogens is 198 g/mol. The van der Waals surface area contributed by atoms with Crippen molar-refractivity contribution < 1.29 is 0 Å². The molecule has 0 bridgehead atoms. The Balaban J connectivity index is 1.75. The Kier molecular flexibility index (Phi) is 4.40. The van der Waals surface area contributed by atoms with Crippen molar-refractivity contribution in [2.24, 2.45) is 0 Å². The second-order valence-electron chi connectivity index (χ2n) is 5.02. The number of hydrogen-bond donors (Lipinski definition) is 1. The van der Waals surface area contributed by atoms with Crippen LogP contribution in [0.1, 0.15) is 45.4 Å². The van der Waals surface area contributed by atoms with Crippen molar-refractivity contribution in [3.8, 4) is 0 Å². The van der Waals surface area contributed by atoms with Crippen LogP contribution in [0.2, 0.25) is 0 Å². The van der Waals surface area contributed by atoms with Crippen LogP contribution in [-0.4, -0.2) is 21.6 Å².